The molecule has 1 aromatic carbocycles. The SMILES string of the molecule is Cc1ccc(C2OCCCC2CN=C(N)N2CCOCC2)cc1. The monoisotopic (exact) mass is 317 g/mol. The molecule has 5 nitrogen and oxygen atoms in total. The van der Waals surface area contributed by atoms with Crippen LogP contribution in [0.4, 0.5) is 0 Å². The molecule has 23 heavy (non-hydrogen) atoms. The van der Waals surface area contributed by atoms with E-state index in [9.17, 15) is 0 Å². The molecule has 0 aromatic heterocycles. The van der Waals surface area contributed by atoms with Crippen molar-refractivity contribution < 1.29 is 9.47 Å². The summed E-state index contributed by atoms with van der Waals surface area (Å²) in [5, 5.41) is 0. The summed E-state index contributed by atoms with van der Waals surface area (Å²) in [6, 6.07) is 8.65. The molecule has 2 heterocycles. The van der Waals surface area contributed by atoms with Crippen molar-refractivity contribution in [3.8, 4) is 0 Å². The first-order valence-corrected chi connectivity index (χ1v) is 8.55. The standard InChI is InChI=1S/C18H27N3O2/c1-14-4-6-15(7-5-14)17-16(3-2-10-23-17)13-20-18(19)21-8-11-22-12-9-21/h4-7,16-17H,2-3,8-13H2,1H3,(H2,19,20). The Bertz CT molecular complexity index is 524. The second kappa shape index (κ2) is 7.79. The van der Waals surface area contributed by atoms with Crippen LogP contribution >= 0.6 is 0 Å². The molecule has 0 amide bonds. The number of aliphatic imine (C=N–C) groups is 1. The molecule has 5 heteroatoms. The summed E-state index contributed by atoms with van der Waals surface area (Å²) in [6.45, 7) is 6.79. The molecule has 2 atom stereocenters. The predicted molar refractivity (Wildman–Crippen MR) is 91.5 cm³/mol. The predicted octanol–water partition coefficient (Wildman–Crippen LogP) is 2.11. The van der Waals surface area contributed by atoms with Crippen LogP contribution in [0.15, 0.2) is 29.3 Å². The highest BCUT2D eigenvalue weighted by atomic mass is 16.5. The van der Waals surface area contributed by atoms with Crippen molar-refractivity contribution in [3.63, 3.8) is 0 Å². The maximum atomic E-state index is 6.15. The Labute approximate surface area is 138 Å². The summed E-state index contributed by atoms with van der Waals surface area (Å²) < 4.78 is 11.4. The minimum Gasteiger partial charge on any atom is -0.378 e. The largest absolute Gasteiger partial charge is 0.378 e. The Kier molecular flexibility index (Phi) is 5.51. The number of hydrogen-bond donors (Lipinski definition) is 1. The first-order chi connectivity index (χ1) is 11.2. The number of rotatable bonds is 3. The van der Waals surface area contributed by atoms with Crippen molar-refractivity contribution in [2.45, 2.75) is 25.9 Å². The Morgan fingerprint density at radius 3 is 2.70 bits per heavy atom. The number of guanidine groups is 1. The third-order valence-corrected chi connectivity index (χ3v) is 4.67. The van der Waals surface area contributed by atoms with Gasteiger partial charge >= 0.3 is 0 Å². The summed E-state index contributed by atoms with van der Waals surface area (Å²) in [6.07, 6.45) is 2.36. The van der Waals surface area contributed by atoms with Crippen LogP contribution in [0.5, 0.6) is 0 Å². The van der Waals surface area contributed by atoms with E-state index in [0.717, 1.165) is 52.3 Å². The van der Waals surface area contributed by atoms with Crippen LogP contribution in [0.25, 0.3) is 0 Å². The molecule has 1 aromatic rings. The van der Waals surface area contributed by atoms with Gasteiger partial charge in [0.15, 0.2) is 5.96 Å². The zero-order valence-electron chi connectivity index (χ0n) is 13.9. The molecule has 2 N–H and O–H groups in total. The maximum Gasteiger partial charge on any atom is 0.191 e. The quantitative estimate of drug-likeness (QED) is 0.685. The molecule has 126 valence electrons. The first-order valence-electron chi connectivity index (χ1n) is 8.55. The van der Waals surface area contributed by atoms with Gasteiger partial charge in [-0.15, -0.1) is 0 Å². The van der Waals surface area contributed by atoms with E-state index in [1.807, 2.05) is 0 Å². The summed E-state index contributed by atoms with van der Waals surface area (Å²) in [4.78, 5) is 6.75. The zero-order chi connectivity index (χ0) is 16.1. The van der Waals surface area contributed by atoms with E-state index in [4.69, 9.17) is 15.2 Å². The van der Waals surface area contributed by atoms with Crippen LogP contribution in [-0.4, -0.2) is 50.3 Å². The Hall–Kier alpha value is -1.59. The van der Waals surface area contributed by atoms with Gasteiger partial charge in [0, 0.05) is 32.2 Å². The lowest BCUT2D eigenvalue weighted by Gasteiger charge is -2.32. The average Bonchev–Trinajstić information content (AvgIpc) is 2.61. The van der Waals surface area contributed by atoms with Crippen LogP contribution in [0.2, 0.25) is 0 Å². The van der Waals surface area contributed by atoms with Gasteiger partial charge in [-0.1, -0.05) is 29.8 Å². The lowest BCUT2D eigenvalue weighted by atomic mass is 9.89. The third-order valence-electron chi connectivity index (χ3n) is 4.67. The van der Waals surface area contributed by atoms with E-state index < -0.39 is 0 Å². The van der Waals surface area contributed by atoms with Gasteiger partial charge in [0.05, 0.1) is 19.3 Å². The molecule has 3 rings (SSSR count). The van der Waals surface area contributed by atoms with Gasteiger partial charge in [0.1, 0.15) is 0 Å². The molecule has 2 fully saturated rings. The molecule has 0 spiro atoms. The molecule has 0 radical (unpaired) electrons. The highest BCUT2D eigenvalue weighted by Gasteiger charge is 2.27. The smallest absolute Gasteiger partial charge is 0.191 e. The van der Waals surface area contributed by atoms with E-state index in [0.29, 0.717) is 11.9 Å². The van der Waals surface area contributed by atoms with Crippen molar-refractivity contribution in [1.29, 1.82) is 0 Å². The normalized spacial score (nSPS) is 26.3. The van der Waals surface area contributed by atoms with Gasteiger partial charge in [-0.3, -0.25) is 4.99 Å². The summed E-state index contributed by atoms with van der Waals surface area (Å²) >= 11 is 0. The molecule has 2 aliphatic heterocycles. The topological polar surface area (TPSA) is 60.1 Å². The van der Waals surface area contributed by atoms with Crippen LogP contribution in [0.1, 0.15) is 30.1 Å². The fourth-order valence-corrected chi connectivity index (χ4v) is 3.26. The number of morpholine rings is 1. The molecular formula is C18H27N3O2. The molecule has 0 bridgehead atoms. The van der Waals surface area contributed by atoms with Crippen LogP contribution in [-0.2, 0) is 9.47 Å². The fraction of sp³-hybridized carbons (Fsp3) is 0.611. The molecular weight excluding hydrogens is 290 g/mol. The van der Waals surface area contributed by atoms with E-state index in [1.165, 1.54) is 11.1 Å². The highest BCUT2D eigenvalue weighted by Crippen LogP contribution is 2.34. The summed E-state index contributed by atoms with van der Waals surface area (Å²) in [5.41, 5.74) is 8.67. The van der Waals surface area contributed by atoms with Gasteiger partial charge in [0.25, 0.3) is 0 Å². The zero-order valence-corrected chi connectivity index (χ0v) is 13.9. The van der Waals surface area contributed by atoms with Crippen LogP contribution in [0, 0.1) is 12.8 Å². The second-order valence-electron chi connectivity index (χ2n) is 6.40. The van der Waals surface area contributed by atoms with Crippen molar-refractivity contribution in [3.05, 3.63) is 35.4 Å². The molecule has 2 aliphatic rings. The number of nitrogens with zero attached hydrogens (tertiary/aromatic N) is 2. The number of hydrogen-bond acceptors (Lipinski definition) is 3. The van der Waals surface area contributed by atoms with Crippen molar-refractivity contribution in [1.82, 2.24) is 4.90 Å². The Morgan fingerprint density at radius 1 is 1.22 bits per heavy atom. The van der Waals surface area contributed by atoms with Gasteiger partial charge in [-0.05, 0) is 25.3 Å². The number of nitrogens with two attached hydrogens (primary N) is 1. The van der Waals surface area contributed by atoms with Crippen molar-refractivity contribution in [2.24, 2.45) is 16.6 Å². The van der Waals surface area contributed by atoms with Crippen LogP contribution < -0.4 is 5.73 Å². The van der Waals surface area contributed by atoms with Gasteiger partial charge in [0.2, 0.25) is 0 Å². The Balaban J connectivity index is 1.65. The summed E-state index contributed by atoms with van der Waals surface area (Å²) in [7, 11) is 0. The summed E-state index contributed by atoms with van der Waals surface area (Å²) in [5.74, 6) is 1.03. The third kappa shape index (κ3) is 4.24. The molecule has 2 unspecified atom stereocenters. The van der Waals surface area contributed by atoms with Gasteiger partial charge < -0.3 is 20.1 Å². The first kappa shape index (κ1) is 16.3. The average molecular weight is 317 g/mol. The van der Waals surface area contributed by atoms with E-state index in [-0.39, 0.29) is 6.10 Å². The fourth-order valence-electron chi connectivity index (χ4n) is 3.26. The van der Waals surface area contributed by atoms with Crippen molar-refractivity contribution in [2.75, 3.05) is 39.5 Å². The lowest BCUT2D eigenvalue weighted by molar-refractivity contribution is -0.0251. The van der Waals surface area contributed by atoms with Gasteiger partial charge in [-0.2, -0.15) is 0 Å². The molecule has 0 aliphatic carbocycles. The Morgan fingerprint density at radius 2 is 1.96 bits per heavy atom. The number of ether oxygens (including phenoxy) is 2. The minimum atomic E-state index is 0.130. The minimum absolute atomic E-state index is 0.130. The number of benzene rings is 1. The van der Waals surface area contributed by atoms with Crippen LogP contribution in [0.3, 0.4) is 0 Å². The maximum absolute atomic E-state index is 6.15. The van der Waals surface area contributed by atoms with E-state index in [2.05, 4.69) is 41.1 Å². The number of aryl methyl sites for hydroxylation is 1. The second-order valence-corrected chi connectivity index (χ2v) is 6.40. The highest BCUT2D eigenvalue weighted by molar-refractivity contribution is 5.78. The van der Waals surface area contributed by atoms with Crippen molar-refractivity contribution >= 4 is 5.96 Å². The van der Waals surface area contributed by atoms with Gasteiger partial charge in [-0.25, -0.2) is 0 Å². The lowest BCUT2D eigenvalue weighted by Crippen LogP contribution is -2.45. The van der Waals surface area contributed by atoms with E-state index in [1.54, 1.807) is 0 Å². The molecule has 0 saturated carbocycles. The molecule has 2 saturated heterocycles. The van der Waals surface area contributed by atoms with E-state index >= 15 is 0 Å².